The zero-order chi connectivity index (χ0) is 20.8. The number of nitrogens with one attached hydrogen (secondary N) is 2. The van der Waals surface area contributed by atoms with Gasteiger partial charge in [-0.1, -0.05) is 41.9 Å². The number of hydrazone groups is 1. The van der Waals surface area contributed by atoms with Crippen molar-refractivity contribution in [2.75, 3.05) is 7.11 Å². The molecule has 29 heavy (non-hydrogen) atoms. The Morgan fingerprint density at radius 1 is 1.24 bits per heavy atom. The fourth-order valence-corrected chi connectivity index (χ4v) is 2.85. The van der Waals surface area contributed by atoms with E-state index in [2.05, 4.69) is 20.7 Å². The smallest absolute Gasteiger partial charge is 0.289 e. The van der Waals surface area contributed by atoms with Crippen LogP contribution in [-0.2, 0) is 0 Å². The molecule has 0 radical (unpaired) electrons. The van der Waals surface area contributed by atoms with E-state index >= 15 is 0 Å². The third kappa shape index (κ3) is 5.14. The quantitative estimate of drug-likeness (QED) is 0.447. The number of aromatic amines is 1. The molecule has 0 fully saturated rings. The predicted octanol–water partition coefficient (Wildman–Crippen LogP) is 4.29. The lowest BCUT2D eigenvalue weighted by molar-refractivity contribution is 0.0950. The summed E-state index contributed by atoms with van der Waals surface area (Å²) in [6, 6.07) is 14.6. The van der Waals surface area contributed by atoms with Crippen LogP contribution in [0.3, 0.4) is 0 Å². The van der Waals surface area contributed by atoms with Crippen molar-refractivity contribution in [2.24, 2.45) is 5.10 Å². The SMILES string of the molecule is COc1cc(/C=N\NC(=O)c2cc(-c3ccccc3)n[nH]2)cc(Cl)c1OC(C)C. The van der Waals surface area contributed by atoms with Crippen LogP contribution in [0.15, 0.2) is 53.6 Å². The lowest BCUT2D eigenvalue weighted by Crippen LogP contribution is -2.18. The molecule has 0 atom stereocenters. The third-order valence-corrected chi connectivity index (χ3v) is 4.16. The van der Waals surface area contributed by atoms with Crippen LogP contribution in [0.5, 0.6) is 11.5 Å². The zero-order valence-electron chi connectivity index (χ0n) is 16.3. The number of methoxy groups -OCH3 is 1. The van der Waals surface area contributed by atoms with Crippen molar-refractivity contribution < 1.29 is 14.3 Å². The molecule has 0 aliphatic rings. The number of carbonyl (C=O) groups excluding carboxylic acids is 1. The second-order valence-corrected chi connectivity index (χ2v) is 6.84. The van der Waals surface area contributed by atoms with Gasteiger partial charge < -0.3 is 9.47 Å². The van der Waals surface area contributed by atoms with Gasteiger partial charge in [0.25, 0.3) is 5.91 Å². The first kappa shape index (κ1) is 20.4. The first-order valence-electron chi connectivity index (χ1n) is 8.96. The largest absolute Gasteiger partial charge is 0.493 e. The summed E-state index contributed by atoms with van der Waals surface area (Å²) < 4.78 is 11.0. The number of benzene rings is 2. The molecular weight excluding hydrogens is 392 g/mol. The molecule has 2 N–H and O–H groups in total. The van der Waals surface area contributed by atoms with Gasteiger partial charge in [0.05, 0.1) is 30.1 Å². The summed E-state index contributed by atoms with van der Waals surface area (Å²) in [6.07, 6.45) is 1.43. The van der Waals surface area contributed by atoms with Crippen LogP contribution in [-0.4, -0.2) is 35.5 Å². The zero-order valence-corrected chi connectivity index (χ0v) is 17.0. The number of hydrogen-bond donors (Lipinski definition) is 2. The highest BCUT2D eigenvalue weighted by molar-refractivity contribution is 6.32. The van der Waals surface area contributed by atoms with Gasteiger partial charge in [-0.25, -0.2) is 5.43 Å². The maximum atomic E-state index is 12.3. The summed E-state index contributed by atoms with van der Waals surface area (Å²) in [5.41, 5.74) is 5.01. The van der Waals surface area contributed by atoms with Gasteiger partial charge >= 0.3 is 0 Å². The summed E-state index contributed by atoms with van der Waals surface area (Å²) >= 11 is 6.29. The monoisotopic (exact) mass is 412 g/mol. The van der Waals surface area contributed by atoms with Gasteiger partial charge in [-0.2, -0.15) is 10.2 Å². The van der Waals surface area contributed by atoms with Crippen molar-refractivity contribution in [3.8, 4) is 22.8 Å². The Morgan fingerprint density at radius 2 is 2.00 bits per heavy atom. The molecule has 0 unspecified atom stereocenters. The van der Waals surface area contributed by atoms with Crippen LogP contribution in [0.4, 0.5) is 0 Å². The van der Waals surface area contributed by atoms with E-state index in [1.165, 1.54) is 13.3 Å². The Morgan fingerprint density at radius 3 is 2.69 bits per heavy atom. The van der Waals surface area contributed by atoms with E-state index in [1.54, 1.807) is 18.2 Å². The summed E-state index contributed by atoms with van der Waals surface area (Å²) in [5.74, 6) is 0.546. The van der Waals surface area contributed by atoms with Crippen LogP contribution in [0.25, 0.3) is 11.3 Å². The molecule has 1 amide bonds. The third-order valence-electron chi connectivity index (χ3n) is 3.88. The average molecular weight is 413 g/mol. The first-order valence-corrected chi connectivity index (χ1v) is 9.34. The van der Waals surface area contributed by atoms with Crippen LogP contribution < -0.4 is 14.9 Å². The predicted molar refractivity (Wildman–Crippen MR) is 113 cm³/mol. The van der Waals surface area contributed by atoms with Gasteiger partial charge in [-0.3, -0.25) is 9.89 Å². The second kappa shape index (κ2) is 9.25. The number of amides is 1. The second-order valence-electron chi connectivity index (χ2n) is 6.43. The highest BCUT2D eigenvalue weighted by Crippen LogP contribution is 2.36. The van der Waals surface area contributed by atoms with Crippen molar-refractivity contribution >= 4 is 23.7 Å². The van der Waals surface area contributed by atoms with Crippen molar-refractivity contribution in [3.63, 3.8) is 0 Å². The Balaban J connectivity index is 1.69. The topological polar surface area (TPSA) is 88.6 Å². The molecule has 3 aromatic rings. The van der Waals surface area contributed by atoms with E-state index in [0.29, 0.717) is 33.5 Å². The highest BCUT2D eigenvalue weighted by Gasteiger charge is 2.13. The average Bonchev–Trinajstić information content (AvgIpc) is 3.20. The van der Waals surface area contributed by atoms with Crippen LogP contribution in [0.2, 0.25) is 5.02 Å². The molecule has 0 spiro atoms. The van der Waals surface area contributed by atoms with E-state index in [1.807, 2.05) is 44.2 Å². The number of halogens is 1. The summed E-state index contributed by atoms with van der Waals surface area (Å²) in [4.78, 5) is 12.3. The number of carbonyl (C=O) groups is 1. The Labute approximate surface area is 173 Å². The van der Waals surface area contributed by atoms with E-state index in [4.69, 9.17) is 21.1 Å². The maximum Gasteiger partial charge on any atom is 0.289 e. The fourth-order valence-electron chi connectivity index (χ4n) is 2.58. The standard InChI is InChI=1S/C21H21ClN4O3/c1-13(2)29-20-16(22)9-14(10-19(20)28-3)12-23-26-21(27)18-11-17(24-25-18)15-7-5-4-6-8-15/h4-13H,1-3H3,(H,24,25)(H,26,27)/b23-12-. The number of hydrogen-bond acceptors (Lipinski definition) is 5. The Bertz CT molecular complexity index is 1020. The molecule has 8 heteroatoms. The summed E-state index contributed by atoms with van der Waals surface area (Å²) in [6.45, 7) is 3.80. The molecule has 0 aliphatic carbocycles. The number of aromatic nitrogens is 2. The number of H-pyrrole nitrogens is 1. The van der Waals surface area contributed by atoms with Crippen molar-refractivity contribution in [1.82, 2.24) is 15.6 Å². The normalized spacial score (nSPS) is 11.1. The molecule has 7 nitrogen and oxygen atoms in total. The van der Waals surface area contributed by atoms with E-state index in [9.17, 15) is 4.79 Å². The molecule has 0 aliphatic heterocycles. The summed E-state index contributed by atoms with van der Waals surface area (Å²) in [5, 5.41) is 11.2. The van der Waals surface area contributed by atoms with Crippen molar-refractivity contribution in [3.05, 3.63) is 64.8 Å². The molecule has 0 saturated carbocycles. The van der Waals surface area contributed by atoms with Gasteiger partial charge in [0.2, 0.25) is 0 Å². The van der Waals surface area contributed by atoms with Gasteiger partial charge in [0.15, 0.2) is 11.5 Å². The van der Waals surface area contributed by atoms with Crippen LogP contribution in [0.1, 0.15) is 29.9 Å². The molecule has 150 valence electrons. The Kier molecular flexibility index (Phi) is 6.51. The fraction of sp³-hybridized carbons (Fsp3) is 0.190. The Hall–Kier alpha value is -3.32. The van der Waals surface area contributed by atoms with Gasteiger partial charge in [-0.05, 0) is 37.6 Å². The van der Waals surface area contributed by atoms with Crippen molar-refractivity contribution in [2.45, 2.75) is 20.0 Å². The van der Waals surface area contributed by atoms with E-state index in [-0.39, 0.29) is 6.10 Å². The molecule has 0 bridgehead atoms. The molecule has 3 rings (SSSR count). The van der Waals surface area contributed by atoms with Gasteiger partial charge in [0.1, 0.15) is 5.69 Å². The van der Waals surface area contributed by atoms with Crippen LogP contribution >= 0.6 is 11.6 Å². The maximum absolute atomic E-state index is 12.3. The molecular formula is C21H21ClN4O3. The minimum Gasteiger partial charge on any atom is -0.493 e. The van der Waals surface area contributed by atoms with Crippen molar-refractivity contribution in [1.29, 1.82) is 0 Å². The number of nitrogens with zero attached hydrogens (tertiary/aromatic N) is 2. The number of rotatable bonds is 7. The molecule has 2 aromatic carbocycles. The van der Waals surface area contributed by atoms with Gasteiger partial charge in [-0.15, -0.1) is 0 Å². The minimum absolute atomic E-state index is 0.0459. The van der Waals surface area contributed by atoms with Crippen LogP contribution in [0, 0.1) is 0 Å². The summed E-state index contributed by atoms with van der Waals surface area (Å²) in [7, 11) is 1.53. The first-order chi connectivity index (χ1) is 14.0. The molecule has 1 heterocycles. The van der Waals surface area contributed by atoms with E-state index < -0.39 is 5.91 Å². The van der Waals surface area contributed by atoms with Gasteiger partial charge in [0, 0.05) is 5.56 Å². The minimum atomic E-state index is -0.409. The lowest BCUT2D eigenvalue weighted by Gasteiger charge is -2.15. The molecule has 1 aromatic heterocycles. The molecule has 0 saturated heterocycles. The van der Waals surface area contributed by atoms with E-state index in [0.717, 1.165) is 5.56 Å². The highest BCUT2D eigenvalue weighted by atomic mass is 35.5. The number of ether oxygens (including phenoxy) is 2. The lowest BCUT2D eigenvalue weighted by atomic mass is 10.1.